The second-order valence-corrected chi connectivity index (χ2v) is 6.50. The summed E-state index contributed by atoms with van der Waals surface area (Å²) in [5, 5.41) is 8.03. The van der Waals surface area contributed by atoms with Crippen molar-refractivity contribution in [3.8, 4) is 10.6 Å². The van der Waals surface area contributed by atoms with Crippen LogP contribution in [0.25, 0.3) is 10.6 Å². The molecule has 0 spiro atoms. The molecule has 0 atom stereocenters. The van der Waals surface area contributed by atoms with E-state index in [4.69, 9.17) is 0 Å². The molecule has 2 N–H and O–H groups in total. The summed E-state index contributed by atoms with van der Waals surface area (Å²) in [6, 6.07) is 13.0. The lowest BCUT2D eigenvalue weighted by Crippen LogP contribution is -2.14. The summed E-state index contributed by atoms with van der Waals surface area (Å²) < 4.78 is 12.9. The third-order valence-corrected chi connectivity index (χ3v) is 4.39. The molecule has 0 saturated carbocycles. The van der Waals surface area contributed by atoms with E-state index in [0.29, 0.717) is 17.1 Å². The second-order valence-electron chi connectivity index (χ2n) is 5.64. The first-order valence-corrected chi connectivity index (χ1v) is 8.75. The summed E-state index contributed by atoms with van der Waals surface area (Å²) in [6.45, 7) is 1.45. The van der Waals surface area contributed by atoms with E-state index in [9.17, 15) is 14.0 Å². The lowest BCUT2D eigenvalue weighted by molar-refractivity contribution is -0.116. The van der Waals surface area contributed by atoms with Crippen LogP contribution in [-0.4, -0.2) is 16.8 Å². The van der Waals surface area contributed by atoms with Crippen molar-refractivity contribution >= 4 is 34.5 Å². The van der Waals surface area contributed by atoms with E-state index in [1.807, 2.05) is 23.6 Å². The molecule has 0 aliphatic heterocycles. The summed E-state index contributed by atoms with van der Waals surface area (Å²) >= 11 is 1.43. The highest BCUT2D eigenvalue weighted by molar-refractivity contribution is 7.13. The molecule has 0 aliphatic rings. The van der Waals surface area contributed by atoms with E-state index in [2.05, 4.69) is 15.6 Å². The molecule has 0 saturated heterocycles. The molecule has 1 heterocycles. The topological polar surface area (TPSA) is 71.1 Å². The van der Waals surface area contributed by atoms with E-state index in [-0.39, 0.29) is 24.1 Å². The number of rotatable bonds is 5. The first-order chi connectivity index (χ1) is 12.5. The Morgan fingerprint density at radius 3 is 2.58 bits per heavy atom. The van der Waals surface area contributed by atoms with E-state index in [1.54, 1.807) is 6.07 Å². The molecule has 1 aromatic heterocycles. The van der Waals surface area contributed by atoms with Crippen LogP contribution in [-0.2, 0) is 16.0 Å². The predicted octanol–water partition coefficient (Wildman–Crippen LogP) is 4.09. The zero-order chi connectivity index (χ0) is 18.5. The summed E-state index contributed by atoms with van der Waals surface area (Å²) in [7, 11) is 0. The molecule has 0 unspecified atom stereocenters. The Morgan fingerprint density at radius 1 is 1.08 bits per heavy atom. The molecule has 3 aromatic rings. The lowest BCUT2D eigenvalue weighted by atomic mass is 10.2. The number of amides is 2. The van der Waals surface area contributed by atoms with E-state index in [1.165, 1.54) is 42.5 Å². The zero-order valence-electron chi connectivity index (χ0n) is 14.0. The van der Waals surface area contributed by atoms with Crippen LogP contribution in [0.1, 0.15) is 12.6 Å². The molecule has 0 radical (unpaired) electrons. The standard InChI is InChI=1S/C19H16FN3O2S/c1-12(24)21-16-4-2-3-13(9-16)19-23-17(11-26-19)10-18(25)22-15-7-5-14(20)6-8-15/h2-9,11H,10H2,1H3,(H,21,24)(H,22,25). The van der Waals surface area contributed by atoms with Gasteiger partial charge in [0.05, 0.1) is 12.1 Å². The summed E-state index contributed by atoms with van der Waals surface area (Å²) in [6.07, 6.45) is 0.124. The largest absolute Gasteiger partial charge is 0.326 e. The van der Waals surface area contributed by atoms with Gasteiger partial charge in [0.25, 0.3) is 0 Å². The minimum Gasteiger partial charge on any atom is -0.326 e. The summed E-state index contributed by atoms with van der Waals surface area (Å²) in [5.74, 6) is -0.714. The Morgan fingerprint density at radius 2 is 1.85 bits per heavy atom. The van der Waals surface area contributed by atoms with Gasteiger partial charge in [0.2, 0.25) is 11.8 Å². The number of thiazole rings is 1. The minimum absolute atomic E-state index is 0.124. The SMILES string of the molecule is CC(=O)Nc1cccc(-c2nc(CC(=O)Nc3ccc(F)cc3)cs2)c1. The van der Waals surface area contributed by atoms with E-state index < -0.39 is 0 Å². The summed E-state index contributed by atoms with van der Waals surface area (Å²) in [5.41, 5.74) is 2.75. The molecule has 0 bridgehead atoms. The van der Waals surface area contributed by atoms with Crippen molar-refractivity contribution in [3.63, 3.8) is 0 Å². The van der Waals surface area contributed by atoms with Gasteiger partial charge in [0.15, 0.2) is 0 Å². The van der Waals surface area contributed by atoms with Crippen molar-refractivity contribution in [1.29, 1.82) is 0 Å². The average Bonchev–Trinajstić information content (AvgIpc) is 3.05. The maximum Gasteiger partial charge on any atom is 0.230 e. The molecule has 0 fully saturated rings. The normalized spacial score (nSPS) is 10.4. The van der Waals surface area contributed by atoms with Gasteiger partial charge in [-0.2, -0.15) is 0 Å². The third kappa shape index (κ3) is 4.73. The Kier molecular flexibility index (Phi) is 5.38. The number of hydrogen-bond donors (Lipinski definition) is 2. The van der Waals surface area contributed by atoms with Gasteiger partial charge in [-0.25, -0.2) is 9.37 Å². The molecule has 2 aromatic carbocycles. The number of nitrogens with one attached hydrogen (secondary N) is 2. The molecule has 132 valence electrons. The van der Waals surface area contributed by atoms with E-state index >= 15 is 0 Å². The molecule has 3 rings (SSSR count). The van der Waals surface area contributed by atoms with Crippen molar-refractivity contribution in [3.05, 3.63) is 65.4 Å². The molecular formula is C19H16FN3O2S. The van der Waals surface area contributed by atoms with Crippen LogP contribution in [0.2, 0.25) is 0 Å². The van der Waals surface area contributed by atoms with Gasteiger partial charge in [-0.05, 0) is 36.4 Å². The Labute approximate surface area is 153 Å². The van der Waals surface area contributed by atoms with Gasteiger partial charge in [0, 0.05) is 29.2 Å². The number of aromatic nitrogens is 1. The number of anilines is 2. The maximum atomic E-state index is 12.9. The monoisotopic (exact) mass is 369 g/mol. The highest BCUT2D eigenvalue weighted by Gasteiger charge is 2.10. The number of carbonyl (C=O) groups is 2. The molecule has 7 heteroatoms. The summed E-state index contributed by atoms with van der Waals surface area (Å²) in [4.78, 5) is 27.7. The average molecular weight is 369 g/mol. The van der Waals surface area contributed by atoms with Crippen LogP contribution in [0.5, 0.6) is 0 Å². The van der Waals surface area contributed by atoms with Crippen LogP contribution in [0, 0.1) is 5.82 Å². The molecule has 26 heavy (non-hydrogen) atoms. The van der Waals surface area contributed by atoms with Crippen molar-refractivity contribution in [2.45, 2.75) is 13.3 Å². The number of nitrogens with zero attached hydrogens (tertiary/aromatic N) is 1. The Balaban J connectivity index is 1.67. The quantitative estimate of drug-likeness (QED) is 0.712. The number of benzene rings is 2. The highest BCUT2D eigenvalue weighted by atomic mass is 32.1. The second kappa shape index (κ2) is 7.88. The number of halogens is 1. The number of hydrogen-bond acceptors (Lipinski definition) is 4. The Bertz CT molecular complexity index is 938. The fourth-order valence-corrected chi connectivity index (χ4v) is 3.17. The van der Waals surface area contributed by atoms with Crippen molar-refractivity contribution < 1.29 is 14.0 Å². The molecular weight excluding hydrogens is 353 g/mol. The smallest absolute Gasteiger partial charge is 0.230 e. The van der Waals surface area contributed by atoms with E-state index in [0.717, 1.165) is 10.6 Å². The van der Waals surface area contributed by atoms with Crippen LogP contribution in [0.15, 0.2) is 53.9 Å². The molecule has 0 aliphatic carbocycles. The number of carbonyl (C=O) groups excluding carboxylic acids is 2. The molecule has 2 amide bonds. The zero-order valence-corrected chi connectivity index (χ0v) is 14.8. The fourth-order valence-electron chi connectivity index (χ4n) is 2.36. The van der Waals surface area contributed by atoms with Crippen LogP contribution in [0.3, 0.4) is 0 Å². The van der Waals surface area contributed by atoms with Crippen LogP contribution in [0.4, 0.5) is 15.8 Å². The minimum atomic E-state index is -0.353. The maximum absolute atomic E-state index is 12.9. The third-order valence-electron chi connectivity index (χ3n) is 3.45. The lowest BCUT2D eigenvalue weighted by Gasteiger charge is -2.04. The molecule has 5 nitrogen and oxygen atoms in total. The first-order valence-electron chi connectivity index (χ1n) is 7.87. The first kappa shape index (κ1) is 17.8. The van der Waals surface area contributed by atoms with Crippen molar-refractivity contribution in [1.82, 2.24) is 4.98 Å². The van der Waals surface area contributed by atoms with Gasteiger partial charge in [-0.1, -0.05) is 12.1 Å². The van der Waals surface area contributed by atoms with Gasteiger partial charge in [-0.15, -0.1) is 11.3 Å². The fraction of sp³-hybridized carbons (Fsp3) is 0.105. The van der Waals surface area contributed by atoms with Crippen molar-refractivity contribution in [2.75, 3.05) is 10.6 Å². The van der Waals surface area contributed by atoms with Crippen LogP contribution < -0.4 is 10.6 Å². The van der Waals surface area contributed by atoms with Gasteiger partial charge in [-0.3, -0.25) is 9.59 Å². The Hall–Kier alpha value is -3.06. The van der Waals surface area contributed by atoms with Crippen molar-refractivity contribution in [2.24, 2.45) is 0 Å². The van der Waals surface area contributed by atoms with Gasteiger partial charge in [0.1, 0.15) is 10.8 Å². The van der Waals surface area contributed by atoms with Gasteiger partial charge < -0.3 is 10.6 Å². The van der Waals surface area contributed by atoms with Crippen LogP contribution >= 0.6 is 11.3 Å². The predicted molar refractivity (Wildman–Crippen MR) is 101 cm³/mol. The van der Waals surface area contributed by atoms with Gasteiger partial charge >= 0.3 is 0 Å². The highest BCUT2D eigenvalue weighted by Crippen LogP contribution is 2.26.